The van der Waals surface area contributed by atoms with Crippen LogP contribution in [0.3, 0.4) is 0 Å². The van der Waals surface area contributed by atoms with Crippen LogP contribution in [-0.4, -0.2) is 39.4 Å². The molecule has 0 atom stereocenters. The van der Waals surface area contributed by atoms with E-state index in [1.54, 1.807) is 31.4 Å². The standard InChI is InChI=1S/C13H20N2O3/c1-17-8-9-18-7-3-6-15-13(16)11-4-2-5-12(14)10-11/h2,4-5,10H,3,6-9,14H2,1H3,(H,15,16). The van der Waals surface area contributed by atoms with Gasteiger partial charge in [0.1, 0.15) is 0 Å². The lowest BCUT2D eigenvalue weighted by Gasteiger charge is -2.06. The summed E-state index contributed by atoms with van der Waals surface area (Å²) in [5.41, 5.74) is 6.77. The van der Waals surface area contributed by atoms with Crippen LogP contribution in [0, 0.1) is 0 Å². The molecule has 3 N–H and O–H groups in total. The fourth-order valence-corrected chi connectivity index (χ4v) is 1.40. The Morgan fingerprint density at radius 2 is 2.17 bits per heavy atom. The molecule has 0 aliphatic rings. The zero-order valence-corrected chi connectivity index (χ0v) is 10.6. The van der Waals surface area contributed by atoms with Crippen LogP contribution in [0.1, 0.15) is 16.8 Å². The molecular weight excluding hydrogens is 232 g/mol. The number of nitrogen functional groups attached to an aromatic ring is 1. The minimum atomic E-state index is -0.112. The minimum Gasteiger partial charge on any atom is -0.399 e. The number of benzene rings is 1. The van der Waals surface area contributed by atoms with E-state index in [4.69, 9.17) is 15.2 Å². The highest BCUT2D eigenvalue weighted by molar-refractivity contribution is 5.94. The molecule has 1 aromatic rings. The van der Waals surface area contributed by atoms with Crippen molar-refractivity contribution in [3.8, 4) is 0 Å². The summed E-state index contributed by atoms with van der Waals surface area (Å²) in [6.45, 7) is 2.37. The molecule has 0 unspecified atom stereocenters. The van der Waals surface area contributed by atoms with Crippen LogP contribution < -0.4 is 11.1 Å². The smallest absolute Gasteiger partial charge is 0.251 e. The monoisotopic (exact) mass is 252 g/mol. The number of hydrogen-bond donors (Lipinski definition) is 2. The molecule has 1 aromatic carbocycles. The first-order valence-corrected chi connectivity index (χ1v) is 5.94. The Kier molecular flexibility index (Phi) is 6.83. The Morgan fingerprint density at radius 3 is 2.89 bits per heavy atom. The Balaban J connectivity index is 2.14. The molecule has 0 spiro atoms. The number of carbonyl (C=O) groups excluding carboxylic acids is 1. The SMILES string of the molecule is COCCOCCCNC(=O)c1cccc(N)c1. The quantitative estimate of drug-likeness (QED) is 0.536. The van der Waals surface area contributed by atoms with Crippen molar-refractivity contribution in [3.63, 3.8) is 0 Å². The van der Waals surface area contributed by atoms with Crippen molar-refractivity contribution in [1.29, 1.82) is 0 Å². The molecule has 5 heteroatoms. The van der Waals surface area contributed by atoms with Gasteiger partial charge in [-0.05, 0) is 24.6 Å². The normalized spacial score (nSPS) is 10.3. The summed E-state index contributed by atoms with van der Waals surface area (Å²) in [6, 6.07) is 6.91. The van der Waals surface area contributed by atoms with Gasteiger partial charge in [0.25, 0.3) is 5.91 Å². The highest BCUT2D eigenvalue weighted by atomic mass is 16.5. The molecule has 0 aromatic heterocycles. The number of ether oxygens (including phenoxy) is 2. The molecule has 0 aliphatic heterocycles. The van der Waals surface area contributed by atoms with Crippen molar-refractivity contribution in [3.05, 3.63) is 29.8 Å². The first-order chi connectivity index (χ1) is 8.74. The maximum Gasteiger partial charge on any atom is 0.251 e. The summed E-state index contributed by atoms with van der Waals surface area (Å²) in [5, 5.41) is 2.81. The molecule has 0 radical (unpaired) electrons. The topological polar surface area (TPSA) is 73.6 Å². The summed E-state index contributed by atoms with van der Waals surface area (Å²) in [7, 11) is 1.63. The zero-order valence-electron chi connectivity index (χ0n) is 10.6. The lowest BCUT2D eigenvalue weighted by atomic mass is 10.2. The molecule has 0 bridgehead atoms. The Hall–Kier alpha value is -1.59. The van der Waals surface area contributed by atoms with Crippen LogP contribution in [0.2, 0.25) is 0 Å². The zero-order chi connectivity index (χ0) is 13.2. The van der Waals surface area contributed by atoms with Gasteiger partial charge in [-0.2, -0.15) is 0 Å². The van der Waals surface area contributed by atoms with Crippen LogP contribution in [0.15, 0.2) is 24.3 Å². The average Bonchev–Trinajstić information content (AvgIpc) is 2.37. The van der Waals surface area contributed by atoms with Gasteiger partial charge in [-0.3, -0.25) is 4.79 Å². The van der Waals surface area contributed by atoms with Crippen molar-refractivity contribution < 1.29 is 14.3 Å². The second-order valence-corrected chi connectivity index (χ2v) is 3.84. The predicted octanol–water partition coefficient (Wildman–Crippen LogP) is 1.05. The Bertz CT molecular complexity index is 369. The third-order valence-corrected chi connectivity index (χ3v) is 2.33. The van der Waals surface area contributed by atoms with Gasteiger partial charge in [-0.15, -0.1) is 0 Å². The highest BCUT2D eigenvalue weighted by Crippen LogP contribution is 2.05. The molecule has 5 nitrogen and oxygen atoms in total. The van der Waals surface area contributed by atoms with E-state index in [-0.39, 0.29) is 5.91 Å². The molecule has 100 valence electrons. The van der Waals surface area contributed by atoms with E-state index in [1.165, 1.54) is 0 Å². The van der Waals surface area contributed by atoms with Gasteiger partial charge in [0.15, 0.2) is 0 Å². The average molecular weight is 252 g/mol. The highest BCUT2D eigenvalue weighted by Gasteiger charge is 2.04. The van der Waals surface area contributed by atoms with Crippen molar-refractivity contribution in [2.75, 3.05) is 39.2 Å². The second kappa shape index (κ2) is 8.49. The van der Waals surface area contributed by atoms with Gasteiger partial charge in [-0.1, -0.05) is 6.07 Å². The van der Waals surface area contributed by atoms with Gasteiger partial charge in [0.2, 0.25) is 0 Å². The van der Waals surface area contributed by atoms with E-state index in [0.29, 0.717) is 37.6 Å². The Labute approximate surface area is 107 Å². The molecule has 0 aliphatic carbocycles. The largest absolute Gasteiger partial charge is 0.399 e. The number of anilines is 1. The first-order valence-electron chi connectivity index (χ1n) is 5.94. The van der Waals surface area contributed by atoms with Crippen LogP contribution >= 0.6 is 0 Å². The van der Waals surface area contributed by atoms with Gasteiger partial charge < -0.3 is 20.5 Å². The number of nitrogens with two attached hydrogens (primary N) is 1. The predicted molar refractivity (Wildman–Crippen MR) is 70.5 cm³/mol. The maximum atomic E-state index is 11.7. The van der Waals surface area contributed by atoms with Gasteiger partial charge in [-0.25, -0.2) is 0 Å². The Morgan fingerprint density at radius 1 is 1.33 bits per heavy atom. The number of nitrogens with one attached hydrogen (secondary N) is 1. The lowest BCUT2D eigenvalue weighted by molar-refractivity contribution is 0.0688. The fraction of sp³-hybridized carbons (Fsp3) is 0.462. The summed E-state index contributed by atoms with van der Waals surface area (Å²) in [6.07, 6.45) is 0.776. The maximum absolute atomic E-state index is 11.7. The van der Waals surface area contributed by atoms with Crippen LogP contribution in [-0.2, 0) is 9.47 Å². The van der Waals surface area contributed by atoms with E-state index >= 15 is 0 Å². The summed E-state index contributed by atoms with van der Waals surface area (Å²) in [4.78, 5) is 11.7. The van der Waals surface area contributed by atoms with Gasteiger partial charge >= 0.3 is 0 Å². The molecule has 18 heavy (non-hydrogen) atoms. The molecular formula is C13H20N2O3. The summed E-state index contributed by atoms with van der Waals surface area (Å²) >= 11 is 0. The van der Waals surface area contributed by atoms with E-state index in [1.807, 2.05) is 0 Å². The summed E-state index contributed by atoms with van der Waals surface area (Å²) in [5.74, 6) is -0.112. The van der Waals surface area contributed by atoms with Gasteiger partial charge in [0.05, 0.1) is 13.2 Å². The third kappa shape index (κ3) is 5.65. The molecule has 0 saturated heterocycles. The molecule has 1 rings (SSSR count). The molecule has 0 saturated carbocycles. The number of amides is 1. The molecule has 1 amide bonds. The van der Waals surface area contributed by atoms with Crippen molar-refractivity contribution >= 4 is 11.6 Å². The minimum absolute atomic E-state index is 0.112. The number of carbonyl (C=O) groups is 1. The first kappa shape index (κ1) is 14.5. The van der Waals surface area contributed by atoms with Crippen LogP contribution in [0.5, 0.6) is 0 Å². The molecule has 0 heterocycles. The van der Waals surface area contributed by atoms with Gasteiger partial charge in [0, 0.05) is 31.5 Å². The van der Waals surface area contributed by atoms with E-state index in [0.717, 1.165) is 6.42 Å². The van der Waals surface area contributed by atoms with E-state index in [9.17, 15) is 4.79 Å². The molecule has 0 fully saturated rings. The fourth-order valence-electron chi connectivity index (χ4n) is 1.40. The van der Waals surface area contributed by atoms with Crippen LogP contribution in [0.25, 0.3) is 0 Å². The number of hydrogen-bond acceptors (Lipinski definition) is 4. The summed E-state index contributed by atoms with van der Waals surface area (Å²) < 4.78 is 10.1. The van der Waals surface area contributed by atoms with Crippen LogP contribution in [0.4, 0.5) is 5.69 Å². The van der Waals surface area contributed by atoms with E-state index < -0.39 is 0 Å². The van der Waals surface area contributed by atoms with E-state index in [2.05, 4.69) is 5.32 Å². The number of methoxy groups -OCH3 is 1. The van der Waals surface area contributed by atoms with Crippen molar-refractivity contribution in [2.24, 2.45) is 0 Å². The van der Waals surface area contributed by atoms with Crippen molar-refractivity contribution in [1.82, 2.24) is 5.32 Å². The number of rotatable bonds is 8. The second-order valence-electron chi connectivity index (χ2n) is 3.84. The third-order valence-electron chi connectivity index (χ3n) is 2.33. The lowest BCUT2D eigenvalue weighted by Crippen LogP contribution is -2.25. The van der Waals surface area contributed by atoms with Crippen molar-refractivity contribution in [2.45, 2.75) is 6.42 Å².